The van der Waals surface area contributed by atoms with Crippen LogP contribution in [0.1, 0.15) is 42.4 Å². The first-order valence-electron chi connectivity index (χ1n) is 7.83. The fraction of sp³-hybridized carbons (Fsp3) is 0.316. The van der Waals surface area contributed by atoms with E-state index in [1.54, 1.807) is 6.07 Å². The second kappa shape index (κ2) is 5.95. The predicted molar refractivity (Wildman–Crippen MR) is 90.2 cm³/mol. The number of carbonyl (C=O) groups is 1. The zero-order valence-corrected chi connectivity index (χ0v) is 13.6. The van der Waals surface area contributed by atoms with Crippen LogP contribution in [0.3, 0.4) is 0 Å². The number of nitrogens with one attached hydrogen (secondary N) is 1. The molecule has 0 aromatic heterocycles. The number of ether oxygens (including phenoxy) is 1. The SMILES string of the molecule is Cc1cc(O)c(C(C)C)cc1NC(=O)C1COc2ccccc21. The summed E-state index contributed by atoms with van der Waals surface area (Å²) in [5.74, 6) is 0.838. The molecule has 1 atom stereocenters. The number of hydrogen-bond acceptors (Lipinski definition) is 3. The summed E-state index contributed by atoms with van der Waals surface area (Å²) in [6.45, 7) is 6.26. The molecule has 2 N–H and O–H groups in total. The largest absolute Gasteiger partial charge is 0.508 e. The summed E-state index contributed by atoms with van der Waals surface area (Å²) in [5.41, 5.74) is 3.33. The molecule has 0 bridgehead atoms. The highest BCUT2D eigenvalue weighted by Crippen LogP contribution is 2.35. The second-order valence-electron chi connectivity index (χ2n) is 6.27. The maximum absolute atomic E-state index is 12.6. The molecule has 4 heteroatoms. The van der Waals surface area contributed by atoms with Gasteiger partial charge in [0.05, 0.1) is 0 Å². The van der Waals surface area contributed by atoms with Crippen molar-refractivity contribution in [3.63, 3.8) is 0 Å². The van der Waals surface area contributed by atoms with Crippen molar-refractivity contribution in [2.45, 2.75) is 32.6 Å². The van der Waals surface area contributed by atoms with E-state index in [2.05, 4.69) is 5.32 Å². The smallest absolute Gasteiger partial charge is 0.235 e. The highest BCUT2D eigenvalue weighted by molar-refractivity contribution is 5.97. The van der Waals surface area contributed by atoms with E-state index in [1.807, 2.05) is 51.1 Å². The van der Waals surface area contributed by atoms with Crippen molar-refractivity contribution in [3.05, 3.63) is 53.1 Å². The molecule has 2 aromatic carbocycles. The van der Waals surface area contributed by atoms with Gasteiger partial charge in [-0.1, -0.05) is 32.0 Å². The van der Waals surface area contributed by atoms with Gasteiger partial charge in [-0.25, -0.2) is 0 Å². The average Bonchev–Trinajstić information content (AvgIpc) is 2.93. The van der Waals surface area contributed by atoms with Crippen LogP contribution in [0.2, 0.25) is 0 Å². The Morgan fingerprint density at radius 1 is 1.30 bits per heavy atom. The standard InChI is InChI=1S/C19H21NO3/c1-11(2)14-9-16(12(3)8-17(14)21)20-19(22)15-10-23-18-7-5-4-6-13(15)18/h4-9,11,15,21H,10H2,1-3H3,(H,20,22). The molecular formula is C19H21NO3. The van der Waals surface area contributed by atoms with Gasteiger partial charge in [0.15, 0.2) is 0 Å². The number of phenolic OH excluding ortho intramolecular Hbond substituents is 1. The third kappa shape index (κ3) is 2.89. The number of aryl methyl sites for hydroxylation is 1. The molecule has 2 aromatic rings. The third-order valence-electron chi connectivity index (χ3n) is 4.27. The first-order chi connectivity index (χ1) is 11.0. The molecule has 1 amide bonds. The lowest BCUT2D eigenvalue weighted by Crippen LogP contribution is -2.22. The summed E-state index contributed by atoms with van der Waals surface area (Å²) in [4.78, 5) is 12.6. The van der Waals surface area contributed by atoms with Crippen molar-refractivity contribution in [2.24, 2.45) is 0 Å². The quantitative estimate of drug-likeness (QED) is 0.844. The lowest BCUT2D eigenvalue weighted by Gasteiger charge is -2.16. The zero-order valence-electron chi connectivity index (χ0n) is 13.6. The molecule has 0 fully saturated rings. The summed E-state index contributed by atoms with van der Waals surface area (Å²) in [5, 5.41) is 13.0. The molecule has 120 valence electrons. The number of fused-ring (bicyclic) bond motifs is 1. The lowest BCUT2D eigenvalue weighted by molar-refractivity contribution is -0.117. The summed E-state index contributed by atoms with van der Waals surface area (Å²) in [6, 6.07) is 11.2. The number of rotatable bonds is 3. The Balaban J connectivity index is 1.85. The Hall–Kier alpha value is -2.49. The molecule has 0 saturated heterocycles. The van der Waals surface area contributed by atoms with Crippen LogP contribution in [-0.2, 0) is 4.79 Å². The highest BCUT2D eigenvalue weighted by atomic mass is 16.5. The van der Waals surface area contributed by atoms with E-state index in [1.165, 1.54) is 0 Å². The Labute approximate surface area is 136 Å². The van der Waals surface area contributed by atoms with Gasteiger partial charge in [-0.15, -0.1) is 0 Å². The molecule has 1 aliphatic heterocycles. The Morgan fingerprint density at radius 3 is 2.78 bits per heavy atom. The highest BCUT2D eigenvalue weighted by Gasteiger charge is 2.30. The van der Waals surface area contributed by atoms with Gasteiger partial charge in [0, 0.05) is 11.3 Å². The molecule has 0 saturated carbocycles. The van der Waals surface area contributed by atoms with Gasteiger partial charge >= 0.3 is 0 Å². The maximum Gasteiger partial charge on any atom is 0.235 e. The topological polar surface area (TPSA) is 58.6 Å². The number of benzene rings is 2. The number of carbonyl (C=O) groups excluding carboxylic acids is 1. The van der Waals surface area contributed by atoms with Crippen molar-refractivity contribution in [2.75, 3.05) is 11.9 Å². The fourth-order valence-corrected chi connectivity index (χ4v) is 2.91. The van der Waals surface area contributed by atoms with E-state index in [0.717, 1.165) is 28.1 Å². The number of phenols is 1. The minimum atomic E-state index is -0.304. The predicted octanol–water partition coefficient (Wildman–Crippen LogP) is 3.94. The average molecular weight is 311 g/mol. The van der Waals surface area contributed by atoms with Crippen molar-refractivity contribution < 1.29 is 14.6 Å². The molecule has 4 nitrogen and oxygen atoms in total. The number of amides is 1. The lowest BCUT2D eigenvalue weighted by atomic mass is 9.97. The van der Waals surface area contributed by atoms with Gasteiger partial charge in [-0.2, -0.15) is 0 Å². The number of aromatic hydroxyl groups is 1. The Bertz CT molecular complexity index is 752. The summed E-state index contributed by atoms with van der Waals surface area (Å²) in [6.07, 6.45) is 0. The van der Waals surface area contributed by atoms with E-state index in [-0.39, 0.29) is 23.5 Å². The van der Waals surface area contributed by atoms with Gasteiger partial charge in [-0.05, 0) is 42.2 Å². The third-order valence-corrected chi connectivity index (χ3v) is 4.27. The van der Waals surface area contributed by atoms with Gasteiger partial charge in [0.1, 0.15) is 24.0 Å². The van der Waals surface area contributed by atoms with Crippen molar-refractivity contribution in [1.29, 1.82) is 0 Å². The number of para-hydroxylation sites is 1. The van der Waals surface area contributed by atoms with Crippen LogP contribution in [0.15, 0.2) is 36.4 Å². The Morgan fingerprint density at radius 2 is 2.04 bits per heavy atom. The minimum absolute atomic E-state index is 0.0848. The fourth-order valence-electron chi connectivity index (χ4n) is 2.91. The molecule has 3 rings (SSSR count). The summed E-state index contributed by atoms with van der Waals surface area (Å²) >= 11 is 0. The molecule has 23 heavy (non-hydrogen) atoms. The zero-order chi connectivity index (χ0) is 16.6. The maximum atomic E-state index is 12.6. The second-order valence-corrected chi connectivity index (χ2v) is 6.27. The molecule has 0 spiro atoms. The van der Waals surface area contributed by atoms with Crippen LogP contribution in [0.5, 0.6) is 11.5 Å². The van der Waals surface area contributed by atoms with E-state index in [4.69, 9.17) is 4.74 Å². The van der Waals surface area contributed by atoms with E-state index in [9.17, 15) is 9.90 Å². The van der Waals surface area contributed by atoms with Gasteiger partial charge in [0.25, 0.3) is 0 Å². The minimum Gasteiger partial charge on any atom is -0.508 e. The monoisotopic (exact) mass is 311 g/mol. The van der Waals surface area contributed by atoms with Crippen LogP contribution in [-0.4, -0.2) is 17.6 Å². The van der Waals surface area contributed by atoms with Crippen LogP contribution in [0.4, 0.5) is 5.69 Å². The van der Waals surface area contributed by atoms with Crippen LogP contribution in [0, 0.1) is 6.92 Å². The number of hydrogen-bond donors (Lipinski definition) is 2. The molecular weight excluding hydrogens is 290 g/mol. The van der Waals surface area contributed by atoms with Gasteiger partial charge < -0.3 is 15.2 Å². The van der Waals surface area contributed by atoms with Crippen molar-refractivity contribution >= 4 is 11.6 Å². The summed E-state index contributed by atoms with van der Waals surface area (Å²) in [7, 11) is 0. The van der Waals surface area contributed by atoms with E-state index < -0.39 is 0 Å². The van der Waals surface area contributed by atoms with Crippen molar-refractivity contribution in [1.82, 2.24) is 0 Å². The molecule has 1 heterocycles. The van der Waals surface area contributed by atoms with E-state index >= 15 is 0 Å². The van der Waals surface area contributed by atoms with Gasteiger partial charge in [-0.3, -0.25) is 4.79 Å². The molecule has 0 aliphatic carbocycles. The summed E-state index contributed by atoms with van der Waals surface area (Å²) < 4.78 is 5.58. The van der Waals surface area contributed by atoms with E-state index in [0.29, 0.717) is 6.61 Å². The normalized spacial score (nSPS) is 16.1. The van der Waals surface area contributed by atoms with Crippen LogP contribution >= 0.6 is 0 Å². The molecule has 0 radical (unpaired) electrons. The first-order valence-corrected chi connectivity index (χ1v) is 7.83. The Kier molecular flexibility index (Phi) is 3.99. The van der Waals surface area contributed by atoms with Crippen LogP contribution in [0.25, 0.3) is 0 Å². The molecule has 1 unspecified atom stereocenters. The first kappa shape index (κ1) is 15.4. The number of anilines is 1. The van der Waals surface area contributed by atoms with Crippen molar-refractivity contribution in [3.8, 4) is 11.5 Å². The van der Waals surface area contributed by atoms with Crippen LogP contribution < -0.4 is 10.1 Å². The van der Waals surface area contributed by atoms with Gasteiger partial charge in [0.2, 0.25) is 5.91 Å². The molecule has 1 aliphatic rings.